The van der Waals surface area contributed by atoms with Crippen LogP contribution in [-0.4, -0.2) is 102 Å². The zero-order valence-electron chi connectivity index (χ0n) is 29.6. The van der Waals surface area contributed by atoms with Gasteiger partial charge in [0, 0.05) is 64.1 Å². The van der Waals surface area contributed by atoms with Crippen molar-refractivity contribution in [2.45, 2.75) is 72.1 Å². The molecule has 0 radical (unpaired) electrons. The number of rotatable bonds is 10. The number of aromatic nitrogens is 1. The van der Waals surface area contributed by atoms with Gasteiger partial charge in [-0.05, 0) is 102 Å². The molecule has 2 fully saturated rings. The van der Waals surface area contributed by atoms with Gasteiger partial charge in [0.05, 0.1) is 16.3 Å². The SMILES string of the molecule is CCNC(=O)c1cc(C(=O)Nc2ncccc2Cl)c(C)cc1O[C@H](CN1CCN(C(=O)OC(C)(C)C)[C@H](C)C1)C1=CC=C(C2CC2)CN1C. The van der Waals surface area contributed by atoms with Gasteiger partial charge in [0.15, 0.2) is 11.9 Å². The lowest BCUT2D eigenvalue weighted by atomic mass is 10.0. The van der Waals surface area contributed by atoms with Gasteiger partial charge in [0.2, 0.25) is 0 Å². The fourth-order valence-corrected chi connectivity index (χ4v) is 6.46. The maximum Gasteiger partial charge on any atom is 0.410 e. The van der Waals surface area contributed by atoms with E-state index >= 15 is 0 Å². The van der Waals surface area contributed by atoms with E-state index in [-0.39, 0.29) is 29.4 Å². The molecule has 2 aliphatic heterocycles. The van der Waals surface area contributed by atoms with E-state index in [4.69, 9.17) is 21.1 Å². The number of hydrogen-bond acceptors (Lipinski definition) is 8. The summed E-state index contributed by atoms with van der Waals surface area (Å²) in [5.74, 6) is 0.486. The van der Waals surface area contributed by atoms with Crippen LogP contribution < -0.4 is 15.4 Å². The van der Waals surface area contributed by atoms with Crippen molar-refractivity contribution in [2.75, 3.05) is 51.6 Å². The quantitative estimate of drug-likeness (QED) is 0.316. The predicted octanol–water partition coefficient (Wildman–Crippen LogP) is 5.90. The molecule has 5 rings (SSSR count). The molecular formula is C37H49ClN6O5. The number of benzene rings is 1. The maximum absolute atomic E-state index is 13.5. The van der Waals surface area contributed by atoms with Crippen LogP contribution in [0, 0.1) is 12.8 Å². The average molecular weight is 693 g/mol. The number of allylic oxidation sites excluding steroid dienone is 2. The van der Waals surface area contributed by atoms with E-state index in [0.29, 0.717) is 60.5 Å². The minimum absolute atomic E-state index is 0.0674. The summed E-state index contributed by atoms with van der Waals surface area (Å²) < 4.78 is 12.5. The number of anilines is 1. The van der Waals surface area contributed by atoms with Gasteiger partial charge >= 0.3 is 6.09 Å². The Hall–Kier alpha value is -4.09. The van der Waals surface area contributed by atoms with Crippen LogP contribution in [0.2, 0.25) is 5.02 Å². The number of carbonyl (C=O) groups excluding carboxylic acids is 3. The molecule has 3 amide bonds. The van der Waals surface area contributed by atoms with Crippen molar-refractivity contribution < 1.29 is 23.9 Å². The molecule has 0 unspecified atom stereocenters. The van der Waals surface area contributed by atoms with Gasteiger partial charge < -0.3 is 29.9 Å². The smallest absolute Gasteiger partial charge is 0.410 e. The first-order chi connectivity index (χ1) is 23.2. The number of amides is 3. The first-order valence-corrected chi connectivity index (χ1v) is 17.5. The molecule has 1 aromatic carbocycles. The first kappa shape index (κ1) is 36.2. The normalized spacial score (nSPS) is 19.1. The minimum atomic E-state index is -0.570. The van der Waals surface area contributed by atoms with E-state index in [1.165, 1.54) is 18.4 Å². The molecule has 0 bridgehead atoms. The summed E-state index contributed by atoms with van der Waals surface area (Å²) in [4.78, 5) is 50.3. The minimum Gasteiger partial charge on any atom is -0.482 e. The lowest BCUT2D eigenvalue weighted by Gasteiger charge is -2.42. The van der Waals surface area contributed by atoms with E-state index in [2.05, 4.69) is 44.6 Å². The van der Waals surface area contributed by atoms with Gasteiger partial charge in [0.1, 0.15) is 11.4 Å². The van der Waals surface area contributed by atoms with Gasteiger partial charge in [-0.25, -0.2) is 9.78 Å². The molecule has 2 N–H and O–H groups in total. The molecule has 1 aliphatic carbocycles. The molecular weight excluding hydrogens is 644 g/mol. The highest BCUT2D eigenvalue weighted by atomic mass is 35.5. The Morgan fingerprint density at radius 2 is 1.86 bits per heavy atom. The summed E-state index contributed by atoms with van der Waals surface area (Å²) >= 11 is 6.25. The Labute approximate surface area is 294 Å². The van der Waals surface area contributed by atoms with Crippen LogP contribution in [0.15, 0.2) is 53.9 Å². The molecule has 1 aromatic heterocycles. The largest absolute Gasteiger partial charge is 0.482 e. The number of aryl methyl sites for hydroxylation is 1. The summed E-state index contributed by atoms with van der Waals surface area (Å²) in [6.07, 6.45) is 7.61. The molecule has 11 nitrogen and oxygen atoms in total. The van der Waals surface area contributed by atoms with Crippen molar-refractivity contribution in [1.82, 2.24) is 25.0 Å². The van der Waals surface area contributed by atoms with Crippen LogP contribution in [0.25, 0.3) is 0 Å². The number of hydrogen-bond donors (Lipinski definition) is 2. The van der Waals surface area contributed by atoms with E-state index in [0.717, 1.165) is 12.2 Å². The van der Waals surface area contributed by atoms with Crippen LogP contribution in [0.4, 0.5) is 10.6 Å². The zero-order valence-corrected chi connectivity index (χ0v) is 30.4. The monoisotopic (exact) mass is 692 g/mol. The van der Waals surface area contributed by atoms with Crippen molar-refractivity contribution in [3.05, 3.63) is 75.6 Å². The van der Waals surface area contributed by atoms with Crippen molar-refractivity contribution in [3.8, 4) is 5.75 Å². The lowest BCUT2D eigenvalue weighted by molar-refractivity contribution is -0.00233. The second-order valence-corrected chi connectivity index (χ2v) is 14.6. The number of likely N-dealkylation sites (N-methyl/N-ethyl adjacent to an activating group) is 1. The predicted molar refractivity (Wildman–Crippen MR) is 191 cm³/mol. The van der Waals surface area contributed by atoms with Crippen molar-refractivity contribution in [2.24, 2.45) is 5.92 Å². The fourth-order valence-electron chi connectivity index (χ4n) is 6.29. The summed E-state index contributed by atoms with van der Waals surface area (Å²) in [6.45, 7) is 14.9. The molecule has 1 saturated heterocycles. The van der Waals surface area contributed by atoms with Crippen LogP contribution in [0.1, 0.15) is 73.7 Å². The number of piperazine rings is 1. The van der Waals surface area contributed by atoms with Crippen molar-refractivity contribution in [1.29, 1.82) is 0 Å². The number of carbonyl (C=O) groups is 3. The third kappa shape index (κ3) is 9.13. The van der Waals surface area contributed by atoms with Gasteiger partial charge in [-0.2, -0.15) is 0 Å². The van der Waals surface area contributed by atoms with E-state index in [9.17, 15) is 14.4 Å². The molecule has 1 saturated carbocycles. The number of nitrogens with zero attached hydrogens (tertiary/aromatic N) is 4. The van der Waals surface area contributed by atoms with Crippen molar-refractivity contribution >= 4 is 35.3 Å². The van der Waals surface area contributed by atoms with Crippen LogP contribution in [0.5, 0.6) is 5.75 Å². The topological polar surface area (TPSA) is 116 Å². The third-order valence-corrected chi connectivity index (χ3v) is 9.24. The standard InChI is InChI=1S/C37H49ClN6O5/c1-8-39-34(45)28-19-27(35(46)41-33-29(38)10-9-15-40-33)23(2)18-31(28)48-32(30-14-13-26(21-42(30)7)25-11-12-25)22-43-16-17-44(24(3)20-43)36(47)49-37(4,5)6/h9-10,13-15,18-19,24-25,32H,8,11-12,16-17,20-22H2,1-7H3,(H,39,45)(H,40,41,46)/t24-,32-/m1/s1. The molecule has 3 heterocycles. The van der Waals surface area contributed by atoms with Gasteiger partial charge in [-0.15, -0.1) is 0 Å². The third-order valence-electron chi connectivity index (χ3n) is 8.94. The summed E-state index contributed by atoms with van der Waals surface area (Å²) in [6, 6.07) is 6.59. The Balaban J connectivity index is 1.44. The molecule has 49 heavy (non-hydrogen) atoms. The Kier molecular flexibility index (Phi) is 11.2. The van der Waals surface area contributed by atoms with E-state index < -0.39 is 17.6 Å². The van der Waals surface area contributed by atoms with Gasteiger partial charge in [-0.1, -0.05) is 17.7 Å². The average Bonchev–Trinajstić information content (AvgIpc) is 3.87. The number of halogens is 1. The summed E-state index contributed by atoms with van der Waals surface area (Å²) in [5, 5.41) is 5.95. The number of pyridine rings is 1. The zero-order chi connectivity index (χ0) is 35.5. The van der Waals surface area contributed by atoms with Crippen molar-refractivity contribution in [3.63, 3.8) is 0 Å². The first-order valence-electron chi connectivity index (χ1n) is 17.1. The summed E-state index contributed by atoms with van der Waals surface area (Å²) in [5.41, 5.74) is 3.05. The second-order valence-electron chi connectivity index (χ2n) is 14.2. The van der Waals surface area contributed by atoms with Gasteiger partial charge in [-0.3, -0.25) is 14.5 Å². The number of ether oxygens (including phenoxy) is 2. The highest BCUT2D eigenvalue weighted by Crippen LogP contribution is 2.39. The van der Waals surface area contributed by atoms with Crippen LogP contribution in [-0.2, 0) is 4.74 Å². The number of nitrogens with one attached hydrogen (secondary N) is 2. The van der Waals surface area contributed by atoms with E-state index in [1.807, 2.05) is 41.5 Å². The second kappa shape index (κ2) is 15.2. The maximum atomic E-state index is 13.5. The van der Waals surface area contributed by atoms with Crippen LogP contribution >= 0.6 is 11.6 Å². The Morgan fingerprint density at radius 3 is 2.49 bits per heavy atom. The van der Waals surface area contributed by atoms with E-state index in [1.54, 1.807) is 35.4 Å². The lowest BCUT2D eigenvalue weighted by Crippen LogP contribution is -2.56. The molecule has 12 heteroatoms. The molecule has 2 atom stereocenters. The van der Waals surface area contributed by atoms with Crippen LogP contribution in [0.3, 0.4) is 0 Å². The summed E-state index contributed by atoms with van der Waals surface area (Å²) in [7, 11) is 2.08. The highest BCUT2D eigenvalue weighted by molar-refractivity contribution is 6.33. The molecule has 0 spiro atoms. The Bertz CT molecular complexity index is 1630. The molecule has 3 aliphatic rings. The highest BCUT2D eigenvalue weighted by Gasteiger charge is 2.35. The van der Waals surface area contributed by atoms with Gasteiger partial charge in [0.25, 0.3) is 11.8 Å². The fraction of sp³-hybridized carbons (Fsp3) is 0.514. The Morgan fingerprint density at radius 1 is 1.10 bits per heavy atom. The molecule has 264 valence electrons. The molecule has 2 aromatic rings.